The molecule has 232 valence electrons. The highest BCUT2D eigenvalue weighted by Crippen LogP contribution is 2.21. The molecule has 3 aromatic carbocycles. The minimum absolute atomic E-state index is 0.199. The van der Waals surface area contributed by atoms with Crippen LogP contribution in [-0.2, 0) is 25.7 Å². The zero-order chi connectivity index (χ0) is 32.1. The number of hydrogen-bond acceptors (Lipinski definition) is 4. The van der Waals surface area contributed by atoms with Crippen LogP contribution in [0.25, 0.3) is 11.4 Å². The van der Waals surface area contributed by atoms with Crippen molar-refractivity contribution in [1.82, 2.24) is 23.9 Å². The predicted octanol–water partition coefficient (Wildman–Crippen LogP) is 8.90. The Labute approximate surface area is 268 Å². The van der Waals surface area contributed by atoms with Gasteiger partial charge < -0.3 is 0 Å². The van der Waals surface area contributed by atoms with Crippen LogP contribution in [0.15, 0.2) is 79.0 Å². The Hall–Kier alpha value is -4.43. The summed E-state index contributed by atoms with van der Waals surface area (Å²) in [7, 11) is 0. The minimum atomic E-state index is -0.316. The van der Waals surface area contributed by atoms with E-state index in [4.69, 9.17) is 0 Å². The van der Waals surface area contributed by atoms with E-state index in [2.05, 4.69) is 58.8 Å². The van der Waals surface area contributed by atoms with E-state index in [9.17, 15) is 8.78 Å². The van der Waals surface area contributed by atoms with Crippen LogP contribution in [0, 0.1) is 53.2 Å². The fourth-order valence-corrected chi connectivity index (χ4v) is 6.24. The van der Waals surface area contributed by atoms with Crippen molar-refractivity contribution in [1.29, 1.82) is 0 Å². The molecule has 0 aliphatic heterocycles. The lowest BCUT2D eigenvalue weighted by Crippen LogP contribution is -2.04. The van der Waals surface area contributed by atoms with E-state index in [1.807, 2.05) is 56.8 Å². The number of rotatable bonds is 8. The average Bonchev–Trinajstić information content (AvgIpc) is 3.68. The molecule has 0 saturated carbocycles. The van der Waals surface area contributed by atoms with E-state index in [1.54, 1.807) is 28.3 Å². The summed E-state index contributed by atoms with van der Waals surface area (Å²) in [6.07, 6.45) is 5.22. The maximum absolute atomic E-state index is 14.5. The van der Waals surface area contributed by atoms with Crippen molar-refractivity contribution >= 4 is 11.5 Å². The van der Waals surface area contributed by atoms with Crippen molar-refractivity contribution in [3.8, 4) is 11.4 Å². The van der Waals surface area contributed by atoms with E-state index < -0.39 is 0 Å². The second kappa shape index (κ2) is 14.1. The molecular weight excluding hydrogens is 585 g/mol. The first kappa shape index (κ1) is 32.0. The highest BCUT2D eigenvalue weighted by molar-refractivity contribution is 7.05. The van der Waals surface area contributed by atoms with Crippen LogP contribution < -0.4 is 0 Å². The molecule has 0 bridgehead atoms. The maximum Gasteiger partial charge on any atom is 0.149 e. The zero-order valence-electron chi connectivity index (χ0n) is 26.7. The second-order valence-electron chi connectivity index (χ2n) is 11.6. The Balaban J connectivity index is 0.000000179. The number of nitrogens with zero attached hydrogens (tertiary/aromatic N) is 5. The summed E-state index contributed by atoms with van der Waals surface area (Å²) in [6, 6.07) is 22.9. The largest absolute Gasteiger partial charge is 0.238 e. The molecule has 0 saturated heterocycles. The van der Waals surface area contributed by atoms with Crippen molar-refractivity contribution in [2.75, 3.05) is 0 Å². The quantitative estimate of drug-likeness (QED) is 0.170. The molecule has 3 aromatic heterocycles. The third-order valence-corrected chi connectivity index (χ3v) is 8.90. The molecule has 0 fully saturated rings. The van der Waals surface area contributed by atoms with E-state index in [0.717, 1.165) is 46.7 Å². The van der Waals surface area contributed by atoms with Gasteiger partial charge in [0.15, 0.2) is 0 Å². The average molecular weight is 624 g/mol. The van der Waals surface area contributed by atoms with Crippen LogP contribution in [0.3, 0.4) is 0 Å². The Morgan fingerprint density at radius 2 is 1.27 bits per heavy atom. The molecule has 0 aliphatic rings. The first-order valence-electron chi connectivity index (χ1n) is 15.2. The Bertz CT molecular complexity index is 1880. The maximum atomic E-state index is 14.5. The van der Waals surface area contributed by atoms with Gasteiger partial charge in [-0.25, -0.2) is 22.5 Å². The second-order valence-corrected chi connectivity index (χ2v) is 12.5. The predicted molar refractivity (Wildman–Crippen MR) is 179 cm³/mol. The summed E-state index contributed by atoms with van der Waals surface area (Å²) in [5, 5.41) is 8.83. The SMILES string of the molecule is Cc1cc(C)n(-c2ccc(CCc3c(C)cccc3F)cc2F)n1.Cc1cc(C)n(-c2ccc(CCc3sncc3C)cc2)n1. The minimum Gasteiger partial charge on any atom is -0.238 e. The van der Waals surface area contributed by atoms with E-state index in [-0.39, 0.29) is 11.6 Å². The lowest BCUT2D eigenvalue weighted by Gasteiger charge is -2.10. The summed E-state index contributed by atoms with van der Waals surface area (Å²) in [5.74, 6) is -0.515. The van der Waals surface area contributed by atoms with Crippen molar-refractivity contribution in [2.45, 2.75) is 67.2 Å². The van der Waals surface area contributed by atoms with Gasteiger partial charge in [-0.3, -0.25) is 0 Å². The lowest BCUT2D eigenvalue weighted by atomic mass is 10.00. The molecule has 45 heavy (non-hydrogen) atoms. The molecule has 0 aliphatic carbocycles. The third kappa shape index (κ3) is 7.81. The summed E-state index contributed by atoms with van der Waals surface area (Å²) in [5.41, 5.74) is 10.7. The highest BCUT2D eigenvalue weighted by atomic mass is 32.1. The summed E-state index contributed by atoms with van der Waals surface area (Å²) >= 11 is 1.61. The number of aryl methyl sites for hydroxylation is 9. The van der Waals surface area contributed by atoms with Gasteiger partial charge in [-0.1, -0.05) is 30.3 Å². The van der Waals surface area contributed by atoms with Gasteiger partial charge >= 0.3 is 0 Å². The Kier molecular flexibility index (Phi) is 10.0. The van der Waals surface area contributed by atoms with Crippen molar-refractivity contribution < 1.29 is 8.78 Å². The molecule has 5 nitrogen and oxygen atoms in total. The van der Waals surface area contributed by atoms with Crippen LogP contribution in [0.4, 0.5) is 8.78 Å². The van der Waals surface area contributed by atoms with E-state index in [1.165, 1.54) is 33.8 Å². The molecule has 0 radical (unpaired) electrons. The van der Waals surface area contributed by atoms with Gasteiger partial charge in [-0.15, -0.1) is 0 Å². The Morgan fingerprint density at radius 3 is 1.84 bits per heavy atom. The standard InChI is InChI=1S/C20H20F2N2.C17H19N3S/c1-13-5-4-6-18(21)17(13)9-7-16-8-10-20(19(22)12-16)24-15(3)11-14(2)23-24;1-12-11-18-21-17(12)9-6-15-4-7-16(8-5-15)20-14(3)10-13(2)19-20/h4-6,8,10-12H,7,9H2,1-3H3;4-5,7-8,10-11H,6,9H2,1-3H3. The van der Waals surface area contributed by atoms with Gasteiger partial charge in [-0.2, -0.15) is 10.2 Å². The Morgan fingerprint density at radius 1 is 0.622 bits per heavy atom. The molecule has 0 atom stereocenters. The molecule has 0 spiro atoms. The van der Waals surface area contributed by atoms with Crippen molar-refractivity contribution in [2.24, 2.45) is 0 Å². The zero-order valence-corrected chi connectivity index (χ0v) is 27.6. The summed E-state index contributed by atoms with van der Waals surface area (Å²) < 4.78 is 36.2. The molecule has 6 rings (SSSR count). The number of hydrogen-bond donors (Lipinski definition) is 0. The fourth-order valence-electron chi connectivity index (χ4n) is 5.51. The highest BCUT2D eigenvalue weighted by Gasteiger charge is 2.11. The third-order valence-electron chi connectivity index (χ3n) is 7.95. The molecule has 3 heterocycles. The first-order valence-corrected chi connectivity index (χ1v) is 15.9. The van der Waals surface area contributed by atoms with Gasteiger partial charge in [-0.05, 0) is 149 Å². The van der Waals surface area contributed by atoms with Crippen LogP contribution >= 0.6 is 11.5 Å². The lowest BCUT2D eigenvalue weighted by molar-refractivity contribution is 0.601. The number of halogens is 2. The van der Waals surface area contributed by atoms with Crippen molar-refractivity contribution in [3.63, 3.8) is 0 Å². The topological polar surface area (TPSA) is 48.5 Å². The first-order chi connectivity index (χ1) is 21.6. The van der Waals surface area contributed by atoms with Gasteiger partial charge in [0.05, 0.1) is 17.1 Å². The normalized spacial score (nSPS) is 11.0. The van der Waals surface area contributed by atoms with Gasteiger partial charge in [0.25, 0.3) is 0 Å². The van der Waals surface area contributed by atoms with Crippen LogP contribution in [-0.4, -0.2) is 23.9 Å². The van der Waals surface area contributed by atoms with Gasteiger partial charge in [0, 0.05) is 22.5 Å². The number of aromatic nitrogens is 5. The van der Waals surface area contributed by atoms with Crippen LogP contribution in [0.1, 0.15) is 55.5 Å². The smallest absolute Gasteiger partial charge is 0.149 e. The molecule has 6 aromatic rings. The van der Waals surface area contributed by atoms with Crippen LogP contribution in [0.5, 0.6) is 0 Å². The van der Waals surface area contributed by atoms with E-state index in [0.29, 0.717) is 24.1 Å². The van der Waals surface area contributed by atoms with E-state index >= 15 is 0 Å². The van der Waals surface area contributed by atoms with Crippen molar-refractivity contribution in [3.05, 3.63) is 146 Å². The van der Waals surface area contributed by atoms with Gasteiger partial charge in [0.1, 0.15) is 17.3 Å². The molecule has 0 amide bonds. The van der Waals surface area contributed by atoms with Crippen LogP contribution in [0.2, 0.25) is 0 Å². The molecular formula is C37H39F2N5S. The summed E-state index contributed by atoms with van der Waals surface area (Å²) in [4.78, 5) is 1.39. The van der Waals surface area contributed by atoms with Gasteiger partial charge in [0.2, 0.25) is 0 Å². The molecule has 8 heteroatoms. The fraction of sp³-hybridized carbons (Fsp3) is 0.270. The number of benzene rings is 3. The monoisotopic (exact) mass is 623 g/mol. The summed E-state index contributed by atoms with van der Waals surface area (Å²) in [6.45, 7) is 11.9. The molecule has 0 unspecified atom stereocenters. The molecule has 0 N–H and O–H groups in total.